The number of fused-ring (bicyclic) bond motifs is 7. The highest BCUT2D eigenvalue weighted by Crippen LogP contribution is 2.78. The lowest BCUT2D eigenvalue weighted by Crippen LogP contribution is -2.68. The first-order valence-corrected chi connectivity index (χ1v) is 24.7. The molecule has 19 nitrogen and oxygen atoms in total. The van der Waals surface area contributed by atoms with E-state index in [9.17, 15) is 66.1 Å². The lowest BCUT2D eigenvalue weighted by atomic mass is 9.32. The van der Waals surface area contributed by atoms with Crippen molar-refractivity contribution in [1.82, 2.24) is 0 Å². The van der Waals surface area contributed by atoms with Gasteiger partial charge in [-0.2, -0.15) is 0 Å². The Morgan fingerprint density at radius 1 is 0.567 bits per heavy atom. The fraction of sp³-hybridized carbons (Fsp3) is 0.979. The number of hydrogen-bond donors (Lipinski definition) is 12. The summed E-state index contributed by atoms with van der Waals surface area (Å²) in [4.78, 5) is 14.7. The van der Waals surface area contributed by atoms with Gasteiger partial charge in [0, 0.05) is 0 Å². The second kappa shape index (κ2) is 18.4. The van der Waals surface area contributed by atoms with E-state index in [1.165, 1.54) is 0 Å². The molecule has 3 aliphatic heterocycles. The quantitative estimate of drug-likeness (QED) is 0.0941. The fourth-order valence-electron chi connectivity index (χ4n) is 16.1. The molecular formula is C48H80O19. The van der Waals surface area contributed by atoms with Gasteiger partial charge in [0.1, 0.15) is 73.2 Å². The number of esters is 1. The molecule has 0 bridgehead atoms. The van der Waals surface area contributed by atoms with Crippen LogP contribution in [-0.2, 0) is 33.2 Å². The third kappa shape index (κ3) is 8.08. The normalized spacial score (nSPS) is 54.3. The molecule has 8 aliphatic rings. The van der Waals surface area contributed by atoms with E-state index in [1.807, 2.05) is 0 Å². The van der Waals surface area contributed by atoms with Gasteiger partial charge in [-0.15, -0.1) is 0 Å². The molecule has 8 rings (SSSR count). The second-order valence-corrected chi connectivity index (χ2v) is 23.7. The minimum absolute atomic E-state index is 0.0296. The zero-order valence-electron chi connectivity index (χ0n) is 40.0. The third-order valence-corrected chi connectivity index (χ3v) is 20.0. The third-order valence-electron chi connectivity index (χ3n) is 20.0. The Hall–Kier alpha value is -1.21. The molecule has 25 atom stereocenters. The Labute approximate surface area is 392 Å². The predicted octanol–water partition coefficient (Wildman–Crippen LogP) is -0.809. The van der Waals surface area contributed by atoms with Crippen molar-refractivity contribution in [3.05, 3.63) is 0 Å². The maximum absolute atomic E-state index is 14.7. The molecule has 19 heteroatoms. The van der Waals surface area contributed by atoms with Crippen LogP contribution in [0.15, 0.2) is 0 Å². The number of aliphatic hydroxyl groups is 12. The lowest BCUT2D eigenvalue weighted by molar-refractivity contribution is -0.378. The van der Waals surface area contributed by atoms with Crippen molar-refractivity contribution >= 4 is 5.97 Å². The van der Waals surface area contributed by atoms with Gasteiger partial charge in [-0.25, -0.2) is 0 Å². The largest absolute Gasteiger partial charge is 0.432 e. The first kappa shape index (κ1) is 52.1. The first-order valence-electron chi connectivity index (χ1n) is 24.7. The number of rotatable bonds is 10. The van der Waals surface area contributed by atoms with Crippen molar-refractivity contribution in [1.29, 1.82) is 0 Å². The Kier molecular flexibility index (Phi) is 14.3. The van der Waals surface area contributed by atoms with Crippen molar-refractivity contribution in [2.24, 2.45) is 56.7 Å². The Morgan fingerprint density at radius 3 is 1.70 bits per heavy atom. The van der Waals surface area contributed by atoms with Gasteiger partial charge in [0.25, 0.3) is 0 Å². The summed E-state index contributed by atoms with van der Waals surface area (Å²) in [5.41, 5.74) is -3.23. The minimum atomic E-state index is -1.79. The monoisotopic (exact) mass is 961 g/mol. The Bertz CT molecular complexity index is 1760. The summed E-state index contributed by atoms with van der Waals surface area (Å²) in [6.07, 6.45) is -16.8. The van der Waals surface area contributed by atoms with Gasteiger partial charge < -0.3 is 89.7 Å². The summed E-state index contributed by atoms with van der Waals surface area (Å²) in [6.45, 7) is 13.2. The zero-order valence-corrected chi connectivity index (χ0v) is 40.0. The summed E-state index contributed by atoms with van der Waals surface area (Å²) in [7, 11) is 0. The van der Waals surface area contributed by atoms with Gasteiger partial charge in [0.15, 0.2) is 12.6 Å². The summed E-state index contributed by atoms with van der Waals surface area (Å²) in [5, 5.41) is 127. The molecular weight excluding hydrogens is 881 g/mol. The van der Waals surface area contributed by atoms with E-state index in [0.29, 0.717) is 32.1 Å². The summed E-state index contributed by atoms with van der Waals surface area (Å²) < 4.78 is 36.1. The molecule has 0 aromatic carbocycles. The number of ether oxygens (including phenoxy) is 6. The van der Waals surface area contributed by atoms with E-state index in [4.69, 9.17) is 28.4 Å². The van der Waals surface area contributed by atoms with Crippen LogP contribution in [0.25, 0.3) is 0 Å². The molecule has 0 amide bonds. The van der Waals surface area contributed by atoms with Gasteiger partial charge in [-0.3, -0.25) is 4.79 Å². The van der Waals surface area contributed by atoms with E-state index in [1.54, 1.807) is 13.8 Å². The van der Waals surface area contributed by atoms with Crippen molar-refractivity contribution < 1.29 is 94.5 Å². The van der Waals surface area contributed by atoms with Crippen LogP contribution in [0.4, 0.5) is 0 Å². The van der Waals surface area contributed by atoms with E-state index in [0.717, 1.165) is 32.1 Å². The number of carbonyl (C=O) groups excluding carboxylic acids is 1. The lowest BCUT2D eigenvalue weighted by Gasteiger charge is -2.73. The predicted molar refractivity (Wildman–Crippen MR) is 232 cm³/mol. The first-order chi connectivity index (χ1) is 31.3. The van der Waals surface area contributed by atoms with Crippen molar-refractivity contribution in [2.45, 2.75) is 216 Å². The van der Waals surface area contributed by atoms with Gasteiger partial charge in [-0.1, -0.05) is 34.6 Å². The number of carbonyl (C=O) groups is 1. The van der Waals surface area contributed by atoms with E-state index < -0.39 is 140 Å². The van der Waals surface area contributed by atoms with E-state index >= 15 is 0 Å². The van der Waals surface area contributed by atoms with Gasteiger partial charge in [-0.05, 0) is 129 Å². The molecule has 5 saturated carbocycles. The van der Waals surface area contributed by atoms with Crippen molar-refractivity contribution in [3.8, 4) is 0 Å². The van der Waals surface area contributed by atoms with Crippen molar-refractivity contribution in [3.63, 3.8) is 0 Å². The average molecular weight is 961 g/mol. The fourth-order valence-corrected chi connectivity index (χ4v) is 16.1. The highest BCUT2D eigenvalue weighted by Gasteiger charge is 2.73. The molecule has 0 unspecified atom stereocenters. The minimum Gasteiger partial charge on any atom is -0.432 e. The average Bonchev–Trinajstić information content (AvgIpc) is 3.69. The van der Waals surface area contributed by atoms with E-state index in [-0.39, 0.29) is 45.8 Å². The second-order valence-electron chi connectivity index (χ2n) is 23.7. The Morgan fingerprint density at radius 2 is 1.12 bits per heavy atom. The molecule has 0 aromatic rings. The maximum Gasteiger partial charge on any atom is 0.314 e. The maximum atomic E-state index is 14.7. The Balaban J connectivity index is 1.03. The van der Waals surface area contributed by atoms with Crippen LogP contribution >= 0.6 is 0 Å². The summed E-state index contributed by atoms with van der Waals surface area (Å²) in [6, 6.07) is 0. The summed E-state index contributed by atoms with van der Waals surface area (Å²) in [5.74, 6) is -0.631. The molecule has 8 fully saturated rings. The van der Waals surface area contributed by atoms with Crippen LogP contribution < -0.4 is 0 Å². The van der Waals surface area contributed by atoms with Crippen LogP contribution in [0.1, 0.15) is 113 Å². The molecule has 3 saturated heterocycles. The standard InChI is InChI=1S/C48H80O19/c1-43(2)26-11-14-47(7)27(45(26,5)13-12-28(43)65-41-38(35(57)32(54)25(20-51)64-41)66-39-36(58)33(55)30(52)23(18-49)62-39)9-8-22-29-21(44(3,4)61)10-15-48(29,17-16-46(22,47)6)42(60)67-40-37(59)34(56)31(53)24(19-50)63-40/h21-41,49-59,61H,8-20H2,1-7H3/t21-,22-,23-,24-,25-,26+,27-,28+,29-,30-,31-,32-,33+,34+,35+,36-,37-,38-,39+,40+,41+,45+,46-,47-,48+/m1/s1. The highest BCUT2D eigenvalue weighted by molar-refractivity contribution is 5.78. The number of aliphatic hydroxyl groups excluding tert-OH is 11. The molecule has 0 spiro atoms. The molecule has 0 aromatic heterocycles. The summed E-state index contributed by atoms with van der Waals surface area (Å²) >= 11 is 0. The molecule has 12 N–H and O–H groups in total. The molecule has 386 valence electrons. The van der Waals surface area contributed by atoms with Crippen LogP contribution in [0, 0.1) is 56.7 Å². The molecule has 0 radical (unpaired) electrons. The number of hydrogen-bond acceptors (Lipinski definition) is 19. The zero-order chi connectivity index (χ0) is 49.1. The smallest absolute Gasteiger partial charge is 0.314 e. The van der Waals surface area contributed by atoms with E-state index in [2.05, 4.69) is 34.6 Å². The van der Waals surface area contributed by atoms with Crippen molar-refractivity contribution in [2.75, 3.05) is 19.8 Å². The molecule has 3 heterocycles. The molecule has 5 aliphatic carbocycles. The van der Waals surface area contributed by atoms with Crippen LogP contribution in [0.5, 0.6) is 0 Å². The van der Waals surface area contributed by atoms with Gasteiger partial charge >= 0.3 is 5.97 Å². The van der Waals surface area contributed by atoms with Crippen LogP contribution in [0.2, 0.25) is 0 Å². The van der Waals surface area contributed by atoms with Crippen LogP contribution in [-0.4, -0.2) is 191 Å². The molecule has 67 heavy (non-hydrogen) atoms. The van der Waals surface area contributed by atoms with Crippen LogP contribution in [0.3, 0.4) is 0 Å². The van der Waals surface area contributed by atoms with Gasteiger partial charge in [0.05, 0.1) is 36.9 Å². The highest BCUT2D eigenvalue weighted by atomic mass is 16.8. The topological polar surface area (TPSA) is 315 Å². The van der Waals surface area contributed by atoms with Gasteiger partial charge in [0.2, 0.25) is 6.29 Å². The SMILES string of the molecule is CC(C)(O)[C@@H]1CC[C@]2(C(=O)O[C@@H]3O[C@H](CO)[C@@H](O)[C@H](O)[C@H]3O)CC[C@]3(C)[C@H](CC[C@@H]4[C@@]5(C)CC[C@H](O[C@@H]6O[C@H](CO)[C@@H](O)[C@H](O)[C@H]6O[C@@H]6O[C@H](CO)[C@@H](O)[C@H](O)[C@H]6O)C(C)(C)[C@@H]5CC[C@]43C)[C@@H]12.